The van der Waals surface area contributed by atoms with Crippen molar-refractivity contribution in [1.82, 2.24) is 5.43 Å². The number of hydrogen-bond donors (Lipinski definition) is 1. The number of carbonyl (C=O) groups is 1. The van der Waals surface area contributed by atoms with Crippen LogP contribution in [0.15, 0.2) is 64.2 Å². The summed E-state index contributed by atoms with van der Waals surface area (Å²) in [5.41, 5.74) is 3.23. The summed E-state index contributed by atoms with van der Waals surface area (Å²) in [7, 11) is 0. The van der Waals surface area contributed by atoms with Gasteiger partial charge in [0, 0.05) is 5.56 Å². The minimum atomic E-state index is -0.353. The molecule has 0 heterocycles. The molecule has 0 aliphatic rings. The molecule has 0 atom stereocenters. The molecule has 0 bridgehead atoms. The highest BCUT2D eigenvalue weighted by atomic mass is 79.9. The normalized spacial score (nSPS) is 9.86. The maximum Gasteiger partial charge on any atom is 0.277 e. The van der Waals surface area contributed by atoms with Crippen molar-refractivity contribution in [3.05, 3.63) is 64.6 Å². The second-order valence-corrected chi connectivity index (χ2v) is 5.00. The van der Waals surface area contributed by atoms with E-state index in [2.05, 4.69) is 38.3 Å². The number of halogens is 1. The summed E-state index contributed by atoms with van der Waals surface area (Å²) in [6, 6.07) is 16.8. The van der Waals surface area contributed by atoms with Gasteiger partial charge in [0.25, 0.3) is 5.91 Å². The third-order valence-electron chi connectivity index (χ3n) is 2.50. The van der Waals surface area contributed by atoms with Crippen molar-refractivity contribution in [1.29, 1.82) is 0 Å². The van der Waals surface area contributed by atoms with Gasteiger partial charge >= 0.3 is 0 Å². The van der Waals surface area contributed by atoms with Crippen LogP contribution in [0.25, 0.3) is 0 Å². The molecule has 110 valence electrons. The predicted molar refractivity (Wildman–Crippen MR) is 89.6 cm³/mol. The van der Waals surface area contributed by atoms with Gasteiger partial charge in [-0.15, -0.1) is 0 Å². The molecule has 0 fully saturated rings. The molecule has 2 aromatic rings. The Morgan fingerprint density at radius 1 is 1.18 bits per heavy atom. The largest absolute Gasteiger partial charge is 0.483 e. The maximum absolute atomic E-state index is 11.5. The third kappa shape index (κ3) is 5.43. The first-order valence-corrected chi connectivity index (χ1v) is 7.29. The van der Waals surface area contributed by atoms with Crippen molar-refractivity contribution in [2.24, 2.45) is 5.10 Å². The van der Waals surface area contributed by atoms with Crippen LogP contribution in [0, 0.1) is 11.8 Å². The Hall–Kier alpha value is -2.58. The molecule has 0 unspecified atom stereocenters. The van der Waals surface area contributed by atoms with Crippen molar-refractivity contribution in [3.8, 4) is 17.6 Å². The van der Waals surface area contributed by atoms with Crippen LogP contribution in [-0.2, 0) is 4.79 Å². The molecule has 0 saturated heterocycles. The zero-order valence-corrected chi connectivity index (χ0v) is 13.2. The van der Waals surface area contributed by atoms with E-state index < -0.39 is 0 Å². The molecule has 1 N–H and O–H groups in total. The van der Waals surface area contributed by atoms with Gasteiger partial charge in [0.1, 0.15) is 5.75 Å². The van der Waals surface area contributed by atoms with Crippen LogP contribution in [0.5, 0.6) is 5.75 Å². The average molecular weight is 357 g/mol. The van der Waals surface area contributed by atoms with Crippen LogP contribution >= 0.6 is 15.9 Å². The van der Waals surface area contributed by atoms with Gasteiger partial charge in [-0.25, -0.2) is 5.43 Å². The number of benzene rings is 2. The molecule has 0 saturated carbocycles. The van der Waals surface area contributed by atoms with E-state index >= 15 is 0 Å². The number of hydrazone groups is 1. The Labute approximate surface area is 137 Å². The number of hydrogen-bond acceptors (Lipinski definition) is 3. The van der Waals surface area contributed by atoms with E-state index in [0.717, 1.165) is 10.0 Å². The molecule has 0 aliphatic carbocycles. The number of nitrogens with zero attached hydrogens (tertiary/aromatic N) is 1. The average Bonchev–Trinajstić information content (AvgIpc) is 2.55. The van der Waals surface area contributed by atoms with Gasteiger partial charge in [-0.2, -0.15) is 5.10 Å². The Balaban J connectivity index is 1.75. The van der Waals surface area contributed by atoms with Gasteiger partial charge in [0.15, 0.2) is 6.61 Å². The van der Waals surface area contributed by atoms with E-state index in [1.807, 2.05) is 48.5 Å². The summed E-state index contributed by atoms with van der Waals surface area (Å²) < 4.78 is 6.15. The Morgan fingerprint density at radius 2 is 1.91 bits per heavy atom. The van der Waals surface area contributed by atoms with Gasteiger partial charge < -0.3 is 4.74 Å². The lowest BCUT2D eigenvalue weighted by Gasteiger charge is -2.06. The number of para-hydroxylation sites is 1. The highest BCUT2D eigenvalue weighted by molar-refractivity contribution is 9.10. The van der Waals surface area contributed by atoms with Crippen molar-refractivity contribution in [3.63, 3.8) is 0 Å². The fraction of sp³-hybridized carbons (Fsp3) is 0.0588. The zero-order valence-electron chi connectivity index (χ0n) is 11.6. The van der Waals surface area contributed by atoms with Crippen LogP contribution in [-0.4, -0.2) is 18.7 Å². The van der Waals surface area contributed by atoms with Crippen LogP contribution < -0.4 is 10.2 Å². The molecule has 1 amide bonds. The molecule has 0 radical (unpaired) electrons. The number of nitrogens with one attached hydrogen (secondary N) is 1. The molecular formula is C17H13BrN2O2. The minimum absolute atomic E-state index is 0.119. The second-order valence-electron chi connectivity index (χ2n) is 4.15. The second kappa shape index (κ2) is 8.65. The molecule has 22 heavy (non-hydrogen) atoms. The van der Waals surface area contributed by atoms with E-state index in [9.17, 15) is 4.79 Å². The summed E-state index contributed by atoms with van der Waals surface area (Å²) >= 11 is 3.34. The van der Waals surface area contributed by atoms with Crippen molar-refractivity contribution in [2.45, 2.75) is 0 Å². The number of carbonyl (C=O) groups excluding carboxylic acids is 1. The molecular weight excluding hydrogens is 344 g/mol. The molecule has 0 aromatic heterocycles. The lowest BCUT2D eigenvalue weighted by Crippen LogP contribution is -2.24. The van der Waals surface area contributed by atoms with Gasteiger partial charge in [-0.3, -0.25) is 4.79 Å². The summed E-state index contributed by atoms with van der Waals surface area (Å²) in [4.78, 5) is 11.5. The highest BCUT2D eigenvalue weighted by Crippen LogP contribution is 2.23. The molecule has 5 heteroatoms. The fourth-order valence-corrected chi connectivity index (χ4v) is 1.91. The fourth-order valence-electron chi connectivity index (χ4n) is 1.51. The molecule has 2 aromatic carbocycles. The van der Waals surface area contributed by atoms with Crippen LogP contribution in [0.4, 0.5) is 0 Å². The molecule has 4 nitrogen and oxygen atoms in total. The number of rotatable bonds is 4. The summed E-state index contributed by atoms with van der Waals surface area (Å²) in [5, 5.41) is 3.73. The van der Waals surface area contributed by atoms with E-state index in [4.69, 9.17) is 4.74 Å². The Morgan fingerprint density at radius 3 is 2.68 bits per heavy atom. The van der Waals surface area contributed by atoms with Crippen molar-refractivity contribution in [2.75, 3.05) is 6.61 Å². The minimum Gasteiger partial charge on any atom is -0.483 e. The lowest BCUT2D eigenvalue weighted by molar-refractivity contribution is -0.123. The molecule has 2 rings (SSSR count). The van der Waals surface area contributed by atoms with Crippen molar-refractivity contribution < 1.29 is 9.53 Å². The predicted octanol–water partition coefficient (Wildman–Crippen LogP) is 2.98. The zero-order chi connectivity index (χ0) is 15.6. The monoisotopic (exact) mass is 356 g/mol. The smallest absolute Gasteiger partial charge is 0.277 e. The number of ether oxygens (including phenoxy) is 1. The Kier molecular flexibility index (Phi) is 6.21. The molecule has 0 aliphatic heterocycles. The summed E-state index contributed by atoms with van der Waals surface area (Å²) in [6.07, 6.45) is 1.34. The van der Waals surface area contributed by atoms with Crippen molar-refractivity contribution >= 4 is 28.1 Å². The van der Waals surface area contributed by atoms with E-state index in [1.165, 1.54) is 6.21 Å². The van der Waals surface area contributed by atoms with Gasteiger partial charge in [0.05, 0.1) is 10.7 Å². The van der Waals surface area contributed by atoms with Gasteiger partial charge in [-0.05, 0) is 46.1 Å². The SMILES string of the molecule is O=C(COc1ccccc1Br)NN=CC#Cc1ccccc1. The highest BCUT2D eigenvalue weighted by Gasteiger charge is 2.03. The van der Waals surface area contributed by atoms with Gasteiger partial charge in [-0.1, -0.05) is 36.3 Å². The quantitative estimate of drug-likeness (QED) is 0.520. The standard InChI is InChI=1S/C17H13BrN2O2/c18-15-10-4-5-11-16(15)22-13-17(21)20-19-12-6-9-14-7-2-1-3-8-14/h1-5,7-8,10-12H,13H2,(H,20,21). The Bertz CT molecular complexity index is 718. The third-order valence-corrected chi connectivity index (χ3v) is 3.16. The van der Waals surface area contributed by atoms with Crippen LogP contribution in [0.3, 0.4) is 0 Å². The topological polar surface area (TPSA) is 50.7 Å². The van der Waals surface area contributed by atoms with E-state index in [-0.39, 0.29) is 12.5 Å². The van der Waals surface area contributed by atoms with Gasteiger partial charge in [0.2, 0.25) is 0 Å². The lowest BCUT2D eigenvalue weighted by atomic mass is 10.2. The first kappa shape index (κ1) is 15.8. The first-order valence-electron chi connectivity index (χ1n) is 6.50. The summed E-state index contributed by atoms with van der Waals surface area (Å²) in [5.74, 6) is 5.88. The molecule has 0 spiro atoms. The van der Waals surface area contributed by atoms with Crippen LogP contribution in [0.1, 0.15) is 5.56 Å². The maximum atomic E-state index is 11.5. The number of amides is 1. The first-order chi connectivity index (χ1) is 10.8. The van der Waals surface area contributed by atoms with E-state index in [1.54, 1.807) is 6.07 Å². The van der Waals surface area contributed by atoms with Crippen LogP contribution in [0.2, 0.25) is 0 Å². The van der Waals surface area contributed by atoms with E-state index in [0.29, 0.717) is 5.75 Å². The summed E-state index contributed by atoms with van der Waals surface area (Å²) in [6.45, 7) is -0.119.